The Balaban J connectivity index is 0.840. The molecule has 0 aromatic heterocycles. The van der Waals surface area contributed by atoms with Crippen LogP contribution < -0.4 is 0 Å². The van der Waals surface area contributed by atoms with E-state index in [4.69, 9.17) is 0 Å². The first-order valence-corrected chi connectivity index (χ1v) is 27.2. The summed E-state index contributed by atoms with van der Waals surface area (Å²) < 4.78 is 0. The Labute approximate surface area is 341 Å². The van der Waals surface area contributed by atoms with Crippen LogP contribution in [0, 0.1) is 118 Å². The first-order chi connectivity index (χ1) is 27.2. The predicted molar refractivity (Wildman–Crippen MR) is 231 cm³/mol. The van der Waals surface area contributed by atoms with Gasteiger partial charge < -0.3 is 0 Å². The Hall–Kier alpha value is 0. The van der Waals surface area contributed by atoms with Crippen LogP contribution in [0.15, 0.2) is 0 Å². The third kappa shape index (κ3) is 7.78. The molecule has 0 amide bonds. The lowest BCUT2D eigenvalue weighted by molar-refractivity contribution is -0.0331. The van der Waals surface area contributed by atoms with Crippen molar-refractivity contribution in [2.75, 3.05) is 0 Å². The summed E-state index contributed by atoms with van der Waals surface area (Å²) in [7, 11) is 0. The SMILES string of the molecule is C1CCC(C2CCC3CCC(C4CC(C5CCC6CCCCC6C5)CC(C5CC6CC7CC8CCCCC8CC7C6C(C6CCCCC6)C5)C4)CC3C2)CC1. The third-order valence-electron chi connectivity index (χ3n) is 22.8. The second-order valence-corrected chi connectivity index (χ2v) is 25.0. The minimum Gasteiger partial charge on any atom is -0.0533 e. The summed E-state index contributed by atoms with van der Waals surface area (Å²) in [5.74, 6) is 22.4. The molecular weight excluding hydrogens is 661 g/mol. The maximum Gasteiger partial charge on any atom is -0.0323 e. The average molecular weight is 751 g/mol. The van der Waals surface area contributed by atoms with Crippen molar-refractivity contribution in [2.45, 2.75) is 225 Å². The molecule has 0 spiro atoms. The highest BCUT2D eigenvalue weighted by molar-refractivity contribution is 5.05. The maximum absolute atomic E-state index is 1.71. The van der Waals surface area contributed by atoms with E-state index in [9.17, 15) is 0 Å². The van der Waals surface area contributed by atoms with Gasteiger partial charge in [0.1, 0.15) is 0 Å². The van der Waals surface area contributed by atoms with Crippen LogP contribution in [0.2, 0.25) is 0 Å². The summed E-state index contributed by atoms with van der Waals surface area (Å²) in [6.07, 6.45) is 56.7. The van der Waals surface area contributed by atoms with E-state index in [-0.39, 0.29) is 0 Å². The minimum atomic E-state index is 1.10. The molecule has 11 fully saturated rings. The fourth-order valence-corrected chi connectivity index (χ4v) is 20.4. The van der Waals surface area contributed by atoms with E-state index in [1.165, 1.54) is 6.42 Å². The van der Waals surface area contributed by atoms with Crippen LogP contribution in [0.1, 0.15) is 225 Å². The molecule has 0 aliphatic heterocycles. The molecule has 0 aromatic rings. The summed E-state index contributed by atoms with van der Waals surface area (Å²) in [6.45, 7) is 0. The zero-order valence-electron chi connectivity index (χ0n) is 36.3. The van der Waals surface area contributed by atoms with Crippen molar-refractivity contribution in [2.24, 2.45) is 118 Å². The van der Waals surface area contributed by atoms with Crippen molar-refractivity contribution in [3.8, 4) is 0 Å². The molecule has 310 valence electrons. The van der Waals surface area contributed by atoms with Crippen LogP contribution in [0.3, 0.4) is 0 Å². The van der Waals surface area contributed by atoms with Crippen molar-refractivity contribution in [3.63, 3.8) is 0 Å². The Morgan fingerprint density at radius 2 is 0.400 bits per heavy atom. The predicted octanol–water partition coefficient (Wildman–Crippen LogP) is 16.1. The van der Waals surface area contributed by atoms with E-state index in [1.807, 2.05) is 0 Å². The number of fused-ring (bicyclic) bond motifs is 6. The lowest BCUT2D eigenvalue weighted by Crippen LogP contribution is -2.44. The lowest BCUT2D eigenvalue weighted by Gasteiger charge is -2.53. The molecule has 55 heavy (non-hydrogen) atoms. The molecule has 0 nitrogen and oxygen atoms in total. The van der Waals surface area contributed by atoms with Gasteiger partial charge in [-0.25, -0.2) is 0 Å². The van der Waals surface area contributed by atoms with E-state index >= 15 is 0 Å². The molecule has 11 rings (SSSR count). The molecule has 0 bridgehead atoms. The molecule has 0 heterocycles. The van der Waals surface area contributed by atoms with Gasteiger partial charge in [-0.05, 0) is 228 Å². The van der Waals surface area contributed by atoms with E-state index in [0.717, 1.165) is 118 Å². The first kappa shape index (κ1) is 38.0. The van der Waals surface area contributed by atoms with E-state index in [0.29, 0.717) is 0 Å². The smallest absolute Gasteiger partial charge is 0.0323 e. The van der Waals surface area contributed by atoms with Crippen molar-refractivity contribution < 1.29 is 0 Å². The van der Waals surface area contributed by atoms with Gasteiger partial charge in [-0.1, -0.05) is 116 Å². The van der Waals surface area contributed by atoms with Crippen LogP contribution in [-0.4, -0.2) is 0 Å². The fourth-order valence-electron chi connectivity index (χ4n) is 20.4. The summed E-state index contributed by atoms with van der Waals surface area (Å²) in [5.41, 5.74) is 0. The van der Waals surface area contributed by atoms with Gasteiger partial charge in [0.2, 0.25) is 0 Å². The zero-order valence-corrected chi connectivity index (χ0v) is 36.3. The molecule has 18 atom stereocenters. The molecular formula is C55H90. The normalized spacial score (nSPS) is 52.6. The van der Waals surface area contributed by atoms with Gasteiger partial charge in [-0.2, -0.15) is 0 Å². The maximum atomic E-state index is 1.71. The number of hydrogen-bond donors (Lipinski definition) is 0. The molecule has 11 aliphatic rings. The number of hydrogen-bond acceptors (Lipinski definition) is 0. The van der Waals surface area contributed by atoms with Gasteiger partial charge in [0, 0.05) is 0 Å². The van der Waals surface area contributed by atoms with Crippen molar-refractivity contribution >= 4 is 0 Å². The van der Waals surface area contributed by atoms with E-state index in [1.54, 1.807) is 218 Å². The third-order valence-corrected chi connectivity index (χ3v) is 22.8. The summed E-state index contributed by atoms with van der Waals surface area (Å²) in [6, 6.07) is 0. The Bertz CT molecular complexity index is 1240. The van der Waals surface area contributed by atoms with Crippen molar-refractivity contribution in [1.82, 2.24) is 0 Å². The molecule has 11 aliphatic carbocycles. The Kier molecular flexibility index (Phi) is 11.6. The molecule has 0 heteroatoms. The van der Waals surface area contributed by atoms with Crippen LogP contribution in [0.25, 0.3) is 0 Å². The Morgan fingerprint density at radius 1 is 0.145 bits per heavy atom. The van der Waals surface area contributed by atoms with Gasteiger partial charge in [-0.15, -0.1) is 0 Å². The standard InChI is InChI=1S/C55H90/c1-3-11-36(12-4-1)43-22-20-38-21-24-45(27-46(38)26-43)48-29-47(44-23-19-37-13-7-8-16-40(37)25-44)30-49(31-48)50-32-52-33-51-28-41-17-9-10-18-42(41)34-54(51)55(52)53(35-50)39-14-5-2-6-15-39/h36-55H,1-35H2. The monoisotopic (exact) mass is 751 g/mol. The second-order valence-electron chi connectivity index (χ2n) is 25.0. The largest absolute Gasteiger partial charge is 0.0533 e. The fraction of sp³-hybridized carbons (Fsp3) is 1.00. The zero-order chi connectivity index (χ0) is 36.3. The number of rotatable bonds is 5. The molecule has 18 unspecified atom stereocenters. The molecule has 0 aromatic carbocycles. The molecule has 0 saturated heterocycles. The van der Waals surface area contributed by atoms with Crippen molar-refractivity contribution in [3.05, 3.63) is 0 Å². The highest BCUT2D eigenvalue weighted by Crippen LogP contribution is 2.65. The Morgan fingerprint density at radius 3 is 1.02 bits per heavy atom. The summed E-state index contributed by atoms with van der Waals surface area (Å²) in [5, 5.41) is 0. The van der Waals surface area contributed by atoms with Crippen LogP contribution in [0.5, 0.6) is 0 Å². The molecule has 0 radical (unpaired) electrons. The van der Waals surface area contributed by atoms with Gasteiger partial charge >= 0.3 is 0 Å². The highest BCUT2D eigenvalue weighted by Gasteiger charge is 2.56. The van der Waals surface area contributed by atoms with Crippen LogP contribution >= 0.6 is 0 Å². The lowest BCUT2D eigenvalue weighted by atomic mass is 9.52. The summed E-state index contributed by atoms with van der Waals surface area (Å²) >= 11 is 0. The van der Waals surface area contributed by atoms with Gasteiger partial charge in [0.15, 0.2) is 0 Å². The van der Waals surface area contributed by atoms with Gasteiger partial charge in [0.05, 0.1) is 0 Å². The van der Waals surface area contributed by atoms with E-state index < -0.39 is 0 Å². The van der Waals surface area contributed by atoms with Crippen molar-refractivity contribution in [1.29, 1.82) is 0 Å². The molecule has 0 N–H and O–H groups in total. The minimum absolute atomic E-state index is 1.10. The van der Waals surface area contributed by atoms with Gasteiger partial charge in [0.25, 0.3) is 0 Å². The quantitative estimate of drug-likeness (QED) is 0.262. The first-order valence-electron chi connectivity index (χ1n) is 27.2. The molecule has 11 saturated carbocycles. The van der Waals surface area contributed by atoms with Gasteiger partial charge in [-0.3, -0.25) is 0 Å². The van der Waals surface area contributed by atoms with Crippen LogP contribution in [0.4, 0.5) is 0 Å². The highest BCUT2D eigenvalue weighted by atomic mass is 14.6. The summed E-state index contributed by atoms with van der Waals surface area (Å²) in [4.78, 5) is 0. The van der Waals surface area contributed by atoms with Crippen LogP contribution in [-0.2, 0) is 0 Å². The average Bonchev–Trinajstić information content (AvgIpc) is 3.62. The topological polar surface area (TPSA) is 0 Å². The van der Waals surface area contributed by atoms with E-state index in [2.05, 4.69) is 0 Å². The second kappa shape index (κ2) is 16.8.